The summed E-state index contributed by atoms with van der Waals surface area (Å²) < 4.78 is 13.8. The summed E-state index contributed by atoms with van der Waals surface area (Å²) in [4.78, 5) is 17.5. The van der Waals surface area contributed by atoms with Gasteiger partial charge in [-0.3, -0.25) is 5.32 Å². The molecular weight excluding hydrogens is 351 g/mol. The van der Waals surface area contributed by atoms with Gasteiger partial charge in [0.1, 0.15) is 5.82 Å². The summed E-state index contributed by atoms with van der Waals surface area (Å²) in [6.07, 6.45) is 3.15. The Kier molecular flexibility index (Phi) is 6.28. The van der Waals surface area contributed by atoms with Crippen molar-refractivity contribution in [2.24, 2.45) is 10.7 Å². The normalized spacial score (nSPS) is 15.2. The summed E-state index contributed by atoms with van der Waals surface area (Å²) >= 11 is 10.7. The Hall–Kier alpha value is -1.99. The number of piperidine rings is 1. The van der Waals surface area contributed by atoms with E-state index in [9.17, 15) is 9.18 Å². The van der Waals surface area contributed by atoms with Crippen LogP contribution in [0.3, 0.4) is 0 Å². The van der Waals surface area contributed by atoms with Crippen molar-refractivity contribution in [3.8, 4) is 0 Å². The predicted octanol–water partition coefficient (Wildman–Crippen LogP) is 3.33. The van der Waals surface area contributed by atoms with Crippen LogP contribution in [0, 0.1) is 5.82 Å². The Labute approximate surface area is 150 Å². The number of hydrogen-bond donors (Lipinski definition) is 2. The number of thiocarbonyl (C=S) groups is 1. The molecule has 0 bridgehead atoms. The highest BCUT2D eigenvalue weighted by Gasteiger charge is 2.19. The number of halogens is 2. The number of rotatable bonds is 1. The van der Waals surface area contributed by atoms with E-state index in [1.54, 1.807) is 24.0 Å². The summed E-state index contributed by atoms with van der Waals surface area (Å²) in [7, 11) is 0. The van der Waals surface area contributed by atoms with Gasteiger partial charge in [0.2, 0.25) is 5.11 Å². The summed E-state index contributed by atoms with van der Waals surface area (Å²) in [5, 5.41) is 2.93. The number of benzene rings is 1. The fourth-order valence-corrected chi connectivity index (χ4v) is 2.73. The van der Waals surface area contributed by atoms with E-state index in [4.69, 9.17) is 29.6 Å². The summed E-state index contributed by atoms with van der Waals surface area (Å²) in [6.45, 7) is 2.65. The summed E-state index contributed by atoms with van der Waals surface area (Å²) in [5.41, 5.74) is 6.99. The van der Waals surface area contributed by atoms with Crippen molar-refractivity contribution in [2.45, 2.75) is 19.8 Å². The van der Waals surface area contributed by atoms with Crippen molar-refractivity contribution in [1.82, 2.24) is 10.2 Å². The van der Waals surface area contributed by atoms with Crippen molar-refractivity contribution in [1.29, 1.82) is 0 Å². The van der Waals surface area contributed by atoms with E-state index < -0.39 is 0 Å². The molecule has 1 aromatic carbocycles. The fraction of sp³-hybridized carbons (Fsp3) is 0.312. The standard InChI is InChI=1S/C16H18ClFN4OS/c1-10(19)20-15(24)21-16(23)22-6-4-11(5-7-22)8-12-2-3-13(17)9-14(12)18/h2-3,8-9H,4-7H2,1H3,(H3,19,20,21,23,24). The minimum absolute atomic E-state index is 0.0459. The molecule has 1 heterocycles. The van der Waals surface area contributed by atoms with Gasteiger partial charge in [0, 0.05) is 23.7 Å². The van der Waals surface area contributed by atoms with Crippen molar-refractivity contribution in [2.75, 3.05) is 13.1 Å². The lowest BCUT2D eigenvalue weighted by atomic mass is 10.0. The quantitative estimate of drug-likeness (QED) is 0.453. The molecule has 0 atom stereocenters. The molecule has 3 N–H and O–H groups in total. The van der Waals surface area contributed by atoms with E-state index >= 15 is 0 Å². The van der Waals surface area contributed by atoms with Crippen LogP contribution in [0.2, 0.25) is 5.02 Å². The molecule has 0 spiro atoms. The molecule has 128 valence electrons. The van der Waals surface area contributed by atoms with Gasteiger partial charge in [-0.1, -0.05) is 29.3 Å². The molecule has 0 radical (unpaired) electrons. The SMILES string of the molecule is C/C(N)=N/C(=S)NC(=O)N1CCC(=Cc2ccc(Cl)cc2F)CC1. The lowest BCUT2D eigenvalue weighted by Crippen LogP contribution is -2.44. The molecule has 0 aliphatic carbocycles. The number of nitrogens with two attached hydrogens (primary N) is 1. The topological polar surface area (TPSA) is 70.7 Å². The number of amidine groups is 1. The van der Waals surface area contributed by atoms with Crippen LogP contribution in [-0.4, -0.2) is 35.0 Å². The Morgan fingerprint density at radius 1 is 1.46 bits per heavy atom. The van der Waals surface area contributed by atoms with Gasteiger partial charge in [-0.05, 0) is 44.1 Å². The minimum atomic E-state index is -0.351. The summed E-state index contributed by atoms with van der Waals surface area (Å²) in [6, 6.07) is 4.29. The first-order chi connectivity index (χ1) is 11.3. The zero-order valence-electron chi connectivity index (χ0n) is 13.2. The maximum atomic E-state index is 13.8. The third-order valence-corrected chi connectivity index (χ3v) is 3.94. The van der Waals surface area contributed by atoms with Gasteiger partial charge in [0.25, 0.3) is 0 Å². The Balaban J connectivity index is 1.93. The average molecular weight is 369 g/mol. The molecular formula is C16H18ClFN4OS. The largest absolute Gasteiger partial charge is 0.387 e. The van der Waals surface area contributed by atoms with Gasteiger partial charge in [-0.15, -0.1) is 0 Å². The molecule has 2 amide bonds. The molecule has 1 aliphatic rings. The number of urea groups is 1. The van der Waals surface area contributed by atoms with Gasteiger partial charge in [-0.25, -0.2) is 14.2 Å². The second-order valence-corrected chi connectivity index (χ2v) is 6.27. The van der Waals surface area contributed by atoms with Crippen LogP contribution >= 0.6 is 23.8 Å². The van der Waals surface area contributed by atoms with Crippen LogP contribution in [0.15, 0.2) is 28.8 Å². The molecule has 1 aliphatic heterocycles. The van der Waals surface area contributed by atoms with Gasteiger partial charge >= 0.3 is 6.03 Å². The van der Waals surface area contributed by atoms with Crippen molar-refractivity contribution < 1.29 is 9.18 Å². The van der Waals surface area contributed by atoms with Crippen LogP contribution in [0.5, 0.6) is 0 Å². The number of aliphatic imine (C=N–C) groups is 1. The average Bonchev–Trinajstić information content (AvgIpc) is 2.50. The second-order valence-electron chi connectivity index (χ2n) is 5.44. The van der Waals surface area contributed by atoms with E-state index in [2.05, 4.69) is 10.3 Å². The first-order valence-corrected chi connectivity index (χ1v) is 8.19. The maximum absolute atomic E-state index is 13.8. The molecule has 8 heteroatoms. The predicted molar refractivity (Wildman–Crippen MR) is 98.6 cm³/mol. The van der Waals surface area contributed by atoms with Crippen LogP contribution < -0.4 is 11.1 Å². The number of carbonyl (C=O) groups excluding carboxylic acids is 1. The zero-order chi connectivity index (χ0) is 17.7. The highest BCUT2D eigenvalue weighted by atomic mass is 35.5. The smallest absolute Gasteiger partial charge is 0.323 e. The van der Waals surface area contributed by atoms with Crippen molar-refractivity contribution in [3.63, 3.8) is 0 Å². The Bertz CT molecular complexity index is 706. The van der Waals surface area contributed by atoms with Crippen molar-refractivity contribution in [3.05, 3.63) is 40.2 Å². The Morgan fingerprint density at radius 2 is 2.12 bits per heavy atom. The first-order valence-electron chi connectivity index (χ1n) is 7.40. The van der Waals surface area contributed by atoms with Crippen LogP contribution in [0.25, 0.3) is 6.08 Å². The number of amides is 2. The molecule has 0 unspecified atom stereocenters. The number of likely N-dealkylation sites (tertiary alicyclic amines) is 1. The molecule has 24 heavy (non-hydrogen) atoms. The Morgan fingerprint density at radius 3 is 2.71 bits per heavy atom. The van der Waals surface area contributed by atoms with E-state index in [1.165, 1.54) is 6.07 Å². The third kappa shape index (κ3) is 5.28. The maximum Gasteiger partial charge on any atom is 0.323 e. The second kappa shape index (κ2) is 8.21. The van der Waals surface area contributed by atoms with Crippen LogP contribution in [0.1, 0.15) is 25.3 Å². The monoisotopic (exact) mass is 368 g/mol. The third-order valence-electron chi connectivity index (χ3n) is 3.51. The first kappa shape index (κ1) is 18.4. The van der Waals surface area contributed by atoms with E-state index in [0.29, 0.717) is 36.5 Å². The van der Waals surface area contributed by atoms with E-state index in [-0.39, 0.29) is 22.8 Å². The minimum Gasteiger partial charge on any atom is -0.387 e. The number of nitrogens with zero attached hydrogens (tertiary/aromatic N) is 2. The van der Waals surface area contributed by atoms with Crippen LogP contribution in [-0.2, 0) is 0 Å². The fourth-order valence-electron chi connectivity index (χ4n) is 2.34. The van der Waals surface area contributed by atoms with Gasteiger partial charge in [0.05, 0.1) is 5.84 Å². The van der Waals surface area contributed by atoms with Crippen molar-refractivity contribution >= 4 is 46.9 Å². The summed E-state index contributed by atoms with van der Waals surface area (Å²) in [5.74, 6) is -0.0651. The molecule has 1 saturated heterocycles. The van der Waals surface area contributed by atoms with Gasteiger partial charge in [0.15, 0.2) is 0 Å². The molecule has 1 aromatic rings. The molecule has 2 rings (SSSR count). The highest BCUT2D eigenvalue weighted by Crippen LogP contribution is 2.22. The molecule has 1 fully saturated rings. The van der Waals surface area contributed by atoms with E-state index in [1.807, 2.05) is 6.08 Å². The molecule has 5 nitrogen and oxygen atoms in total. The molecule has 0 saturated carbocycles. The number of hydrogen-bond acceptors (Lipinski definition) is 2. The number of nitrogens with one attached hydrogen (secondary N) is 1. The zero-order valence-corrected chi connectivity index (χ0v) is 14.8. The number of carbonyl (C=O) groups is 1. The van der Waals surface area contributed by atoms with Gasteiger partial charge < -0.3 is 10.6 Å². The van der Waals surface area contributed by atoms with Gasteiger partial charge in [-0.2, -0.15) is 0 Å². The lowest BCUT2D eigenvalue weighted by Gasteiger charge is -2.28. The molecule has 0 aromatic heterocycles. The highest BCUT2D eigenvalue weighted by molar-refractivity contribution is 7.80. The van der Waals surface area contributed by atoms with E-state index in [0.717, 1.165) is 5.57 Å². The van der Waals surface area contributed by atoms with Crippen LogP contribution in [0.4, 0.5) is 9.18 Å². The lowest BCUT2D eigenvalue weighted by molar-refractivity contribution is 0.199.